The predicted octanol–water partition coefficient (Wildman–Crippen LogP) is 1.05. The molecule has 1 saturated heterocycles. The fourth-order valence-electron chi connectivity index (χ4n) is 4.50. The van der Waals surface area contributed by atoms with Gasteiger partial charge in [0.2, 0.25) is 5.91 Å². The van der Waals surface area contributed by atoms with Gasteiger partial charge in [-0.25, -0.2) is 14.1 Å². The van der Waals surface area contributed by atoms with Crippen LogP contribution in [0.3, 0.4) is 0 Å². The van der Waals surface area contributed by atoms with E-state index in [1.165, 1.54) is 10.9 Å². The molecule has 1 saturated carbocycles. The smallest absolute Gasteiger partial charge is 0.221 e. The molecule has 3 heterocycles. The van der Waals surface area contributed by atoms with E-state index in [-0.39, 0.29) is 17.2 Å². The Morgan fingerprint density at radius 3 is 3.00 bits per heavy atom. The number of pyridine rings is 1. The molecule has 2 aromatic heterocycles. The highest BCUT2D eigenvalue weighted by Crippen LogP contribution is 2.50. The van der Waals surface area contributed by atoms with Crippen LogP contribution in [0.15, 0.2) is 30.7 Å². The Kier molecular flexibility index (Phi) is 3.60. The molecule has 1 amide bonds. The van der Waals surface area contributed by atoms with Gasteiger partial charge in [0, 0.05) is 18.7 Å². The summed E-state index contributed by atoms with van der Waals surface area (Å²) in [5.41, 5.74) is 6.64. The Labute approximate surface area is 139 Å². The number of carbonyl (C=O) groups is 1. The molecular weight excluding hydrogens is 309 g/mol. The van der Waals surface area contributed by atoms with Gasteiger partial charge >= 0.3 is 0 Å². The summed E-state index contributed by atoms with van der Waals surface area (Å²) in [4.78, 5) is 16.4. The summed E-state index contributed by atoms with van der Waals surface area (Å²) in [5, 5.41) is 7.36. The van der Waals surface area contributed by atoms with Crippen LogP contribution in [0.25, 0.3) is 5.82 Å². The van der Waals surface area contributed by atoms with Gasteiger partial charge in [-0.15, -0.1) is 0 Å². The number of hydrogen-bond donors (Lipinski definition) is 2. The molecule has 3 atom stereocenters. The number of nitrogens with zero attached hydrogens (tertiary/aromatic N) is 3. The predicted molar refractivity (Wildman–Crippen MR) is 85.7 cm³/mol. The normalized spacial score (nSPS) is 28.9. The number of rotatable bonds is 4. The maximum Gasteiger partial charge on any atom is 0.221 e. The van der Waals surface area contributed by atoms with E-state index in [1.54, 1.807) is 6.20 Å². The molecule has 4 rings (SSSR count). The van der Waals surface area contributed by atoms with E-state index in [2.05, 4.69) is 15.4 Å². The van der Waals surface area contributed by atoms with Crippen molar-refractivity contribution in [2.24, 2.45) is 23.0 Å². The first-order valence-electron chi connectivity index (χ1n) is 8.23. The largest absolute Gasteiger partial charge is 0.369 e. The van der Waals surface area contributed by atoms with Gasteiger partial charge in [0.15, 0.2) is 11.6 Å². The number of halogens is 1. The first-order valence-corrected chi connectivity index (χ1v) is 8.23. The maximum absolute atomic E-state index is 13.1. The van der Waals surface area contributed by atoms with Gasteiger partial charge in [-0.05, 0) is 48.8 Å². The van der Waals surface area contributed by atoms with Crippen molar-refractivity contribution in [3.63, 3.8) is 0 Å². The van der Waals surface area contributed by atoms with Crippen LogP contribution >= 0.6 is 0 Å². The monoisotopic (exact) mass is 329 g/mol. The van der Waals surface area contributed by atoms with Crippen molar-refractivity contribution in [3.05, 3.63) is 42.1 Å². The van der Waals surface area contributed by atoms with E-state index >= 15 is 0 Å². The van der Waals surface area contributed by atoms with E-state index in [0.29, 0.717) is 11.7 Å². The van der Waals surface area contributed by atoms with Crippen molar-refractivity contribution in [2.45, 2.75) is 19.3 Å². The summed E-state index contributed by atoms with van der Waals surface area (Å²) >= 11 is 0. The van der Waals surface area contributed by atoms with Crippen LogP contribution in [-0.2, 0) is 11.2 Å². The highest BCUT2D eigenvalue weighted by molar-refractivity contribution is 5.78. The molecule has 0 spiro atoms. The standard InChI is InChI=1S/C17H20FN5O/c18-13-8-22-23(9-13)14-2-1-11(6-21-14)5-17-4-3-12(7-20-10-17)15(17)16(19)24/h1-2,6,8-9,12,15,20H,3-5,7,10H2,(H2,19,24). The number of carbonyl (C=O) groups excluding carboxylic acids is 1. The van der Waals surface area contributed by atoms with Crippen molar-refractivity contribution in [1.29, 1.82) is 0 Å². The summed E-state index contributed by atoms with van der Waals surface area (Å²) in [6.07, 6.45) is 7.03. The second-order valence-electron chi connectivity index (χ2n) is 6.98. The number of hydrogen-bond acceptors (Lipinski definition) is 4. The number of amides is 1. The molecule has 1 aliphatic carbocycles. The molecule has 0 radical (unpaired) electrons. The quantitative estimate of drug-likeness (QED) is 0.878. The Hall–Kier alpha value is -2.28. The summed E-state index contributed by atoms with van der Waals surface area (Å²) in [7, 11) is 0. The number of nitrogens with one attached hydrogen (secondary N) is 1. The number of primary amides is 1. The van der Waals surface area contributed by atoms with E-state index in [9.17, 15) is 9.18 Å². The van der Waals surface area contributed by atoms with Gasteiger partial charge in [-0.1, -0.05) is 6.07 Å². The maximum atomic E-state index is 13.1. The van der Waals surface area contributed by atoms with Crippen LogP contribution in [0.2, 0.25) is 0 Å². The molecule has 24 heavy (non-hydrogen) atoms. The first-order chi connectivity index (χ1) is 11.6. The molecule has 126 valence electrons. The summed E-state index contributed by atoms with van der Waals surface area (Å²) in [6, 6.07) is 3.79. The van der Waals surface area contributed by atoms with Gasteiger partial charge in [0.25, 0.3) is 0 Å². The van der Waals surface area contributed by atoms with Crippen LogP contribution < -0.4 is 11.1 Å². The minimum Gasteiger partial charge on any atom is -0.369 e. The van der Waals surface area contributed by atoms with Crippen LogP contribution in [0.5, 0.6) is 0 Å². The SMILES string of the molecule is NC(=O)C1C2CCC1(Cc1ccc(-n3cc(F)cn3)nc1)CNC2. The first kappa shape index (κ1) is 15.3. The van der Waals surface area contributed by atoms with Gasteiger partial charge in [-0.3, -0.25) is 4.79 Å². The van der Waals surface area contributed by atoms with Crippen molar-refractivity contribution in [3.8, 4) is 5.82 Å². The zero-order chi connectivity index (χ0) is 16.7. The summed E-state index contributed by atoms with van der Waals surface area (Å²) in [6.45, 7) is 1.68. The molecule has 2 fully saturated rings. The van der Waals surface area contributed by atoms with Crippen LogP contribution in [0.1, 0.15) is 18.4 Å². The molecule has 2 bridgehead atoms. The lowest BCUT2D eigenvalue weighted by Gasteiger charge is -2.40. The lowest BCUT2D eigenvalue weighted by atomic mass is 9.69. The Balaban J connectivity index is 1.57. The van der Waals surface area contributed by atoms with E-state index < -0.39 is 5.82 Å². The second-order valence-corrected chi connectivity index (χ2v) is 6.98. The Bertz CT molecular complexity index is 755. The number of nitrogens with two attached hydrogens (primary N) is 1. The topological polar surface area (TPSA) is 85.8 Å². The zero-order valence-electron chi connectivity index (χ0n) is 13.3. The van der Waals surface area contributed by atoms with Crippen LogP contribution in [0.4, 0.5) is 4.39 Å². The van der Waals surface area contributed by atoms with Gasteiger partial charge in [0.05, 0.1) is 12.4 Å². The molecule has 2 aromatic rings. The van der Waals surface area contributed by atoms with Crippen molar-refractivity contribution >= 4 is 5.91 Å². The third-order valence-corrected chi connectivity index (χ3v) is 5.49. The highest BCUT2D eigenvalue weighted by Gasteiger charge is 2.53. The zero-order valence-corrected chi connectivity index (χ0v) is 13.3. The molecule has 1 aliphatic heterocycles. The summed E-state index contributed by atoms with van der Waals surface area (Å²) in [5.74, 6) is 0.261. The molecule has 2 aliphatic rings. The van der Waals surface area contributed by atoms with Gasteiger partial charge in [0.1, 0.15) is 0 Å². The van der Waals surface area contributed by atoms with Crippen LogP contribution in [0, 0.1) is 23.1 Å². The third kappa shape index (κ3) is 2.49. The lowest BCUT2D eigenvalue weighted by Crippen LogP contribution is -2.52. The van der Waals surface area contributed by atoms with Crippen molar-refractivity contribution in [1.82, 2.24) is 20.1 Å². The molecule has 0 aromatic carbocycles. The van der Waals surface area contributed by atoms with Gasteiger partial charge < -0.3 is 11.1 Å². The molecule has 7 heteroatoms. The second kappa shape index (κ2) is 5.66. The number of fused-ring (bicyclic) bond motifs is 2. The van der Waals surface area contributed by atoms with Crippen molar-refractivity contribution in [2.75, 3.05) is 13.1 Å². The Morgan fingerprint density at radius 2 is 2.33 bits per heavy atom. The molecular formula is C17H20FN5O. The number of piperidine rings is 1. The lowest BCUT2D eigenvalue weighted by molar-refractivity contribution is -0.127. The van der Waals surface area contributed by atoms with E-state index in [4.69, 9.17) is 5.73 Å². The molecule has 3 N–H and O–H groups in total. The fraction of sp³-hybridized carbons (Fsp3) is 0.471. The average Bonchev–Trinajstić information content (AvgIpc) is 3.08. The van der Waals surface area contributed by atoms with E-state index in [1.807, 2.05) is 12.1 Å². The average molecular weight is 329 g/mol. The fourth-order valence-corrected chi connectivity index (χ4v) is 4.50. The summed E-state index contributed by atoms with van der Waals surface area (Å²) < 4.78 is 14.5. The van der Waals surface area contributed by atoms with Gasteiger partial charge in [-0.2, -0.15) is 5.10 Å². The third-order valence-electron chi connectivity index (χ3n) is 5.49. The minimum absolute atomic E-state index is 0.0707. The minimum atomic E-state index is -0.394. The molecule has 6 nitrogen and oxygen atoms in total. The highest BCUT2D eigenvalue weighted by atomic mass is 19.1. The number of aromatic nitrogens is 3. The van der Waals surface area contributed by atoms with E-state index in [0.717, 1.165) is 44.1 Å². The van der Waals surface area contributed by atoms with Crippen LogP contribution in [-0.4, -0.2) is 33.8 Å². The van der Waals surface area contributed by atoms with Crippen molar-refractivity contribution < 1.29 is 9.18 Å². The Morgan fingerprint density at radius 1 is 1.46 bits per heavy atom. The molecule has 3 unspecified atom stereocenters.